The molecule has 18 heteroatoms. The normalized spacial score (nSPS) is 14.1. The Morgan fingerprint density at radius 1 is 0.812 bits per heavy atom. The number of hydrogen-bond donors (Lipinski definition) is 3. The first-order valence-corrected chi connectivity index (χ1v) is 20.9. The number of benzene rings is 2. The number of likely N-dealkylation sites (N-methyl/N-ethyl adjacent to an activating group) is 1. The summed E-state index contributed by atoms with van der Waals surface area (Å²) >= 11 is 0. The van der Waals surface area contributed by atoms with E-state index in [1.807, 2.05) is 51.8 Å². The molecule has 4 amide bonds. The van der Waals surface area contributed by atoms with Crippen molar-refractivity contribution in [3.05, 3.63) is 76.4 Å². The number of aryl methyl sites for hydroxylation is 2. The summed E-state index contributed by atoms with van der Waals surface area (Å²) in [4.78, 5) is 52.1. The Labute approximate surface area is 378 Å². The topological polar surface area (TPSA) is 184 Å². The third-order valence-electron chi connectivity index (χ3n) is 8.30. The predicted molar refractivity (Wildman–Crippen MR) is 248 cm³/mol. The number of nitrogens with zero attached hydrogens (tertiary/aromatic N) is 4. The zero-order valence-corrected chi connectivity index (χ0v) is 39.8. The van der Waals surface area contributed by atoms with E-state index in [-0.39, 0.29) is 11.6 Å². The van der Waals surface area contributed by atoms with Crippen LogP contribution in [0.5, 0.6) is 0 Å². The number of hydrogen-bond acceptors (Lipinski definition) is 11. The molecular formula is C46H66BF2N7O8. The summed E-state index contributed by atoms with van der Waals surface area (Å²) in [6.07, 6.45) is 6.37. The fraction of sp³-hybridized carbons (Fsp3) is 0.500. The average molecular weight is 894 g/mol. The minimum absolute atomic E-state index is 0.245. The molecule has 350 valence electrons. The number of amides is 4. The fourth-order valence-electron chi connectivity index (χ4n) is 5.58. The number of nitriles is 1. The first kappa shape index (κ1) is 55.9. The van der Waals surface area contributed by atoms with Crippen LogP contribution >= 0.6 is 0 Å². The Balaban J connectivity index is 0.000000488. The van der Waals surface area contributed by atoms with E-state index in [1.165, 1.54) is 12.1 Å². The molecule has 0 fully saturated rings. The molecule has 2 aliphatic rings. The van der Waals surface area contributed by atoms with Crippen molar-refractivity contribution < 1.29 is 46.8 Å². The van der Waals surface area contributed by atoms with Crippen LogP contribution in [0.4, 0.5) is 28.9 Å². The number of carbonyl (C=O) groups excluding carboxylic acids is 4. The van der Waals surface area contributed by atoms with Crippen LogP contribution in [0.1, 0.15) is 111 Å². The monoisotopic (exact) mass is 894 g/mol. The molecule has 0 aromatic heterocycles. The molecule has 0 bridgehead atoms. The standard InChI is InChI=1S/C19H23BFN3O3.C14H17FN2O.C11H20N2O4.C2H6/c1-13-5-6-15(16(21)11-13)14-7-9-24(10-8-14)17(20-26-12-22)23-18(25)27-19(2,3)4;1-10-7-12(11-3-5-17(2)6-4-11)13(15)8-14(10)16-9-18;1-10(2,3)16-8(14)12-7-13-9(15)17-11(4,5)6;1-2/h5-7,11H,8-10H2,1-4H3,(H,23,25);3,7-9H,4-6H2,1-2H3,(H,16,18);7H,1-6H3,(H,12,13,14,15);1-2H3. The number of rotatable bonds is 8. The molecule has 64 heavy (non-hydrogen) atoms. The van der Waals surface area contributed by atoms with Crippen molar-refractivity contribution in [3.63, 3.8) is 0 Å². The van der Waals surface area contributed by atoms with Gasteiger partial charge in [0.1, 0.15) is 23.4 Å². The van der Waals surface area contributed by atoms with Crippen molar-refractivity contribution in [1.82, 2.24) is 20.4 Å². The average Bonchev–Trinajstić information content (AvgIpc) is 3.17. The number of nitrogens with one attached hydrogen (secondary N) is 3. The van der Waals surface area contributed by atoms with Gasteiger partial charge in [-0.3, -0.25) is 10.1 Å². The summed E-state index contributed by atoms with van der Waals surface area (Å²) in [5, 5.41) is 16.0. The van der Waals surface area contributed by atoms with E-state index in [4.69, 9.17) is 19.5 Å². The van der Waals surface area contributed by atoms with Gasteiger partial charge in [0.25, 0.3) is 0 Å². The van der Waals surface area contributed by atoms with Crippen LogP contribution in [-0.4, -0.2) is 104 Å². The van der Waals surface area contributed by atoms with Crippen molar-refractivity contribution in [2.75, 3.05) is 38.5 Å². The zero-order chi connectivity index (χ0) is 48.8. The Morgan fingerprint density at radius 2 is 1.38 bits per heavy atom. The summed E-state index contributed by atoms with van der Waals surface area (Å²) in [6.45, 7) is 26.1. The van der Waals surface area contributed by atoms with Crippen molar-refractivity contribution in [2.45, 2.75) is 120 Å². The number of anilines is 1. The van der Waals surface area contributed by atoms with Crippen molar-refractivity contribution in [3.8, 4) is 6.26 Å². The Kier molecular flexibility index (Phi) is 23.2. The second-order valence-corrected chi connectivity index (χ2v) is 17.3. The van der Waals surface area contributed by atoms with Crippen molar-refractivity contribution in [2.24, 2.45) is 4.99 Å². The number of halogens is 2. The molecule has 4 rings (SSSR count). The van der Waals surface area contributed by atoms with Crippen molar-refractivity contribution in [1.29, 1.82) is 5.26 Å². The van der Waals surface area contributed by atoms with E-state index in [2.05, 4.69) is 36.6 Å². The summed E-state index contributed by atoms with van der Waals surface area (Å²) in [6, 6.07) is 8.36. The number of ether oxygens (including phenoxy) is 3. The molecule has 0 radical (unpaired) electrons. The number of alkyl carbamates (subject to hydrolysis) is 2. The van der Waals surface area contributed by atoms with Gasteiger partial charge in [-0.05, 0) is 85.2 Å². The van der Waals surface area contributed by atoms with Gasteiger partial charge >= 0.3 is 171 Å². The van der Waals surface area contributed by atoms with E-state index in [0.29, 0.717) is 48.4 Å². The Hall–Kier alpha value is -6.09. The van der Waals surface area contributed by atoms with Crippen LogP contribution in [-0.2, 0) is 23.7 Å². The molecule has 0 saturated carbocycles. The van der Waals surface area contributed by atoms with Crippen LogP contribution < -0.4 is 16.0 Å². The summed E-state index contributed by atoms with van der Waals surface area (Å²) in [7, 11) is 3.21. The zero-order valence-electron chi connectivity index (χ0n) is 39.8. The predicted octanol–water partition coefficient (Wildman–Crippen LogP) is 8.87. The van der Waals surface area contributed by atoms with Gasteiger partial charge in [-0.15, -0.1) is 0 Å². The summed E-state index contributed by atoms with van der Waals surface area (Å²) < 4.78 is 47.9. The van der Waals surface area contributed by atoms with Crippen LogP contribution in [0.2, 0.25) is 0 Å². The second-order valence-electron chi connectivity index (χ2n) is 17.3. The van der Waals surface area contributed by atoms with Gasteiger partial charge in [0, 0.05) is 24.3 Å². The molecule has 2 heterocycles. The van der Waals surface area contributed by atoms with Gasteiger partial charge in [0.15, 0.2) is 0 Å². The van der Waals surface area contributed by atoms with Crippen molar-refractivity contribution >= 4 is 60.7 Å². The fourth-order valence-corrected chi connectivity index (χ4v) is 5.58. The minimum atomic E-state index is -0.770. The maximum absolute atomic E-state index is 14.2. The summed E-state index contributed by atoms with van der Waals surface area (Å²) in [5.74, 6) is -0.522. The molecule has 3 N–H and O–H groups in total. The first-order chi connectivity index (χ1) is 29.8. The van der Waals surface area contributed by atoms with Gasteiger partial charge in [0.2, 0.25) is 6.41 Å². The number of carbonyl (C=O) groups is 4. The third kappa shape index (κ3) is 22.3. The van der Waals surface area contributed by atoms with E-state index in [0.717, 1.165) is 55.2 Å². The van der Waals surface area contributed by atoms with Crippen LogP contribution in [0.3, 0.4) is 0 Å². The first-order valence-electron chi connectivity index (χ1n) is 20.9. The van der Waals surface area contributed by atoms with Gasteiger partial charge < -0.3 is 19.7 Å². The second kappa shape index (κ2) is 26.5. The molecule has 0 unspecified atom stereocenters. The van der Waals surface area contributed by atoms with E-state index >= 15 is 0 Å². The quantitative estimate of drug-likeness (QED) is 0.0575. The molecule has 0 aliphatic carbocycles. The molecule has 0 saturated heterocycles. The van der Waals surface area contributed by atoms with Crippen LogP contribution in [0, 0.1) is 37.0 Å². The van der Waals surface area contributed by atoms with Gasteiger partial charge in [-0.2, -0.15) is 4.99 Å². The van der Waals surface area contributed by atoms with Gasteiger partial charge in [-0.25, -0.2) is 14.0 Å². The van der Waals surface area contributed by atoms with Gasteiger partial charge in [-0.1, -0.05) is 19.9 Å². The summed E-state index contributed by atoms with van der Waals surface area (Å²) in [5.41, 5.74) is 3.91. The molecule has 0 spiro atoms. The molecule has 2 aliphatic heterocycles. The molecule has 2 aromatic rings. The molecular weight excluding hydrogens is 827 g/mol. The Bertz CT molecular complexity index is 2060. The third-order valence-corrected chi connectivity index (χ3v) is 8.30. The van der Waals surface area contributed by atoms with Crippen LogP contribution in [0.15, 0.2) is 47.5 Å². The van der Waals surface area contributed by atoms with E-state index in [9.17, 15) is 28.0 Å². The molecule has 15 nitrogen and oxygen atoms in total. The SMILES string of the molecule is CC.CC(C)(C)OC(=O)/N=C/NC(=O)OC(C)(C)C.Cc1cc(C2=CCN(C)CC2)c(F)cc1NC=O.Cc1ccc(C2=CCN(C(=BOC#N)NC(=O)OC(C)(C)C)CC2)c(F)c1. The maximum atomic E-state index is 14.2. The van der Waals surface area contributed by atoms with Crippen LogP contribution in [0.25, 0.3) is 11.1 Å². The Morgan fingerprint density at radius 3 is 1.89 bits per heavy atom. The van der Waals surface area contributed by atoms with E-state index in [1.54, 1.807) is 80.7 Å². The number of aliphatic imine (C=N–C) groups is 1. The molecule has 0 atom stereocenters. The van der Waals surface area contributed by atoms with E-state index < -0.39 is 35.1 Å². The molecule has 2 aromatic carbocycles. The van der Waals surface area contributed by atoms with Gasteiger partial charge in [0.05, 0.1) is 0 Å².